The summed E-state index contributed by atoms with van der Waals surface area (Å²) in [7, 11) is 0. The number of esters is 2. The predicted octanol–water partition coefficient (Wildman–Crippen LogP) is 2.25. The van der Waals surface area contributed by atoms with Gasteiger partial charge in [-0.3, -0.25) is 9.69 Å². The van der Waals surface area contributed by atoms with E-state index in [2.05, 4.69) is 4.98 Å². The van der Waals surface area contributed by atoms with Crippen LogP contribution in [0.3, 0.4) is 0 Å². The van der Waals surface area contributed by atoms with Crippen LogP contribution in [0.4, 0.5) is 19.0 Å². The summed E-state index contributed by atoms with van der Waals surface area (Å²) >= 11 is 5.98. The van der Waals surface area contributed by atoms with Crippen LogP contribution in [0.25, 0.3) is 0 Å². The number of halogens is 4. The molecule has 0 bridgehead atoms. The minimum absolute atomic E-state index is 0.0328. The van der Waals surface area contributed by atoms with E-state index in [9.17, 15) is 22.8 Å². The molecule has 3 rings (SSSR count). The van der Waals surface area contributed by atoms with E-state index in [1.807, 2.05) is 0 Å². The number of cyclic esters (lactones) is 1. The smallest absolute Gasteiger partial charge is 0.419 e. The summed E-state index contributed by atoms with van der Waals surface area (Å²) in [6.45, 7) is 1.10. The highest BCUT2D eigenvalue weighted by Crippen LogP contribution is 2.33. The fourth-order valence-electron chi connectivity index (χ4n) is 3.03. The van der Waals surface area contributed by atoms with Gasteiger partial charge >= 0.3 is 18.1 Å². The van der Waals surface area contributed by atoms with E-state index in [1.165, 1.54) is 0 Å². The molecule has 0 spiro atoms. The topological polar surface area (TPSA) is 70.0 Å². The Morgan fingerprint density at radius 1 is 1.31 bits per heavy atom. The first-order valence-corrected chi connectivity index (χ1v) is 8.54. The van der Waals surface area contributed by atoms with Crippen molar-refractivity contribution in [2.75, 3.05) is 24.6 Å². The van der Waals surface area contributed by atoms with Gasteiger partial charge in [-0.1, -0.05) is 11.6 Å². The van der Waals surface area contributed by atoms with Crippen molar-refractivity contribution in [1.29, 1.82) is 0 Å². The first-order valence-electron chi connectivity index (χ1n) is 8.16. The number of rotatable bonds is 3. The Balaban J connectivity index is 1.58. The van der Waals surface area contributed by atoms with Gasteiger partial charge in [0.2, 0.25) is 6.10 Å². The molecule has 0 unspecified atom stereocenters. The van der Waals surface area contributed by atoms with Crippen LogP contribution in [0, 0.1) is 5.92 Å². The van der Waals surface area contributed by atoms with Crippen LogP contribution in [0.1, 0.15) is 24.8 Å². The highest BCUT2D eigenvalue weighted by Gasteiger charge is 2.37. The normalized spacial score (nSPS) is 21.6. The molecule has 26 heavy (non-hydrogen) atoms. The molecule has 2 saturated heterocycles. The van der Waals surface area contributed by atoms with Gasteiger partial charge in [-0.15, -0.1) is 0 Å². The zero-order valence-electron chi connectivity index (χ0n) is 13.6. The molecule has 0 amide bonds. The van der Waals surface area contributed by atoms with Gasteiger partial charge in [-0.25, -0.2) is 9.78 Å². The van der Waals surface area contributed by atoms with Crippen molar-refractivity contribution in [1.82, 2.24) is 0 Å². The van der Waals surface area contributed by atoms with Gasteiger partial charge in [0.25, 0.3) is 5.82 Å². The van der Waals surface area contributed by atoms with Gasteiger partial charge in [0.05, 0.1) is 31.2 Å². The molecule has 2 aliphatic heterocycles. The molecular weight excluding hydrogens is 377 g/mol. The summed E-state index contributed by atoms with van der Waals surface area (Å²) in [5, 5.41) is -0.0328. The fourth-order valence-corrected chi connectivity index (χ4v) is 3.32. The third kappa shape index (κ3) is 4.03. The SMILES string of the molecule is O=C(O[C@H]1CCOC1=O)C1CCN(c2[nH+]cc(C(F)(F)F)cc2Cl)CC1. The second kappa shape index (κ2) is 7.30. The number of nitrogens with zero attached hydrogens (tertiary/aromatic N) is 1. The van der Waals surface area contributed by atoms with E-state index in [0.717, 1.165) is 12.3 Å². The number of hydrogen-bond acceptors (Lipinski definition) is 5. The number of H-pyrrole nitrogens is 1. The molecule has 1 atom stereocenters. The monoisotopic (exact) mass is 393 g/mol. The van der Waals surface area contributed by atoms with Gasteiger partial charge in [-0.2, -0.15) is 13.2 Å². The zero-order chi connectivity index (χ0) is 18.9. The highest BCUT2D eigenvalue weighted by molar-refractivity contribution is 6.32. The van der Waals surface area contributed by atoms with E-state index >= 15 is 0 Å². The number of pyridine rings is 1. The molecule has 2 aliphatic rings. The lowest BCUT2D eigenvalue weighted by Crippen LogP contribution is -2.40. The fraction of sp³-hybridized carbons (Fsp3) is 0.562. The van der Waals surface area contributed by atoms with E-state index in [-0.39, 0.29) is 17.5 Å². The van der Waals surface area contributed by atoms with Gasteiger partial charge in [0.15, 0.2) is 0 Å². The van der Waals surface area contributed by atoms with Crippen LogP contribution in [0.5, 0.6) is 0 Å². The van der Waals surface area contributed by atoms with Crippen LogP contribution >= 0.6 is 11.6 Å². The number of aromatic nitrogens is 1. The lowest BCUT2D eigenvalue weighted by molar-refractivity contribution is -0.367. The van der Waals surface area contributed by atoms with Crippen molar-refractivity contribution in [2.24, 2.45) is 5.92 Å². The largest absolute Gasteiger partial charge is 0.463 e. The van der Waals surface area contributed by atoms with Crippen molar-refractivity contribution in [3.8, 4) is 0 Å². The molecule has 6 nitrogen and oxygen atoms in total. The molecule has 10 heteroatoms. The molecule has 1 N–H and O–H groups in total. The molecule has 142 valence electrons. The Bertz CT molecular complexity index is 705. The number of alkyl halides is 3. The minimum atomic E-state index is -4.48. The Morgan fingerprint density at radius 3 is 2.54 bits per heavy atom. The zero-order valence-corrected chi connectivity index (χ0v) is 14.4. The first kappa shape index (κ1) is 18.8. The number of anilines is 1. The summed E-state index contributed by atoms with van der Waals surface area (Å²) in [5.74, 6) is -0.961. The van der Waals surface area contributed by atoms with Crippen molar-refractivity contribution < 1.29 is 37.2 Å². The Kier molecular flexibility index (Phi) is 5.27. The molecule has 0 radical (unpaired) electrons. The van der Waals surface area contributed by atoms with Crippen LogP contribution in [0.15, 0.2) is 12.3 Å². The van der Waals surface area contributed by atoms with Gasteiger partial charge in [0.1, 0.15) is 11.2 Å². The molecule has 0 aromatic carbocycles. The average molecular weight is 394 g/mol. The van der Waals surface area contributed by atoms with Crippen molar-refractivity contribution >= 4 is 29.4 Å². The van der Waals surface area contributed by atoms with Gasteiger partial charge < -0.3 is 9.47 Å². The quantitative estimate of drug-likeness (QED) is 0.737. The Morgan fingerprint density at radius 2 is 2.00 bits per heavy atom. The molecule has 1 aromatic heterocycles. The number of ether oxygens (including phenoxy) is 2. The van der Waals surface area contributed by atoms with E-state index < -0.39 is 29.8 Å². The van der Waals surface area contributed by atoms with Crippen LogP contribution in [-0.4, -0.2) is 37.7 Å². The Labute approximate surface area is 152 Å². The summed E-state index contributed by atoms with van der Waals surface area (Å²) in [5.41, 5.74) is -0.854. The van der Waals surface area contributed by atoms with Crippen molar-refractivity contribution in [2.45, 2.75) is 31.5 Å². The molecule has 2 fully saturated rings. The number of aromatic amines is 1. The molecular formula is C16H17ClF3N2O4+. The third-order valence-corrected chi connectivity index (χ3v) is 4.78. The second-order valence-electron chi connectivity index (χ2n) is 6.23. The predicted molar refractivity (Wildman–Crippen MR) is 83.4 cm³/mol. The number of hydrogen-bond donors (Lipinski definition) is 0. The number of nitrogens with one attached hydrogen (secondary N) is 1. The highest BCUT2D eigenvalue weighted by atomic mass is 35.5. The lowest BCUT2D eigenvalue weighted by atomic mass is 9.97. The van der Waals surface area contributed by atoms with Crippen molar-refractivity contribution in [3.05, 3.63) is 22.8 Å². The maximum absolute atomic E-state index is 12.7. The van der Waals surface area contributed by atoms with Crippen LogP contribution in [0.2, 0.25) is 5.02 Å². The average Bonchev–Trinajstić information content (AvgIpc) is 2.99. The van der Waals surface area contributed by atoms with Crippen molar-refractivity contribution in [3.63, 3.8) is 0 Å². The Hall–Kier alpha value is -2.03. The molecule has 0 aliphatic carbocycles. The first-order chi connectivity index (χ1) is 12.3. The molecule has 0 saturated carbocycles. The standard InChI is InChI=1S/C16H16ClF3N2O4/c17-11-7-10(16(18,19)20)8-21-13(11)22-4-1-9(2-5-22)14(23)26-12-3-6-25-15(12)24/h7-9,12H,1-6H2/p+1/t12-/m0/s1. The van der Waals surface area contributed by atoms with E-state index in [1.54, 1.807) is 4.90 Å². The summed E-state index contributed by atoms with van der Waals surface area (Å²) in [6.07, 6.45) is -3.18. The van der Waals surface area contributed by atoms with Gasteiger partial charge in [0, 0.05) is 6.42 Å². The van der Waals surface area contributed by atoms with E-state index in [0.29, 0.717) is 38.2 Å². The molecule has 1 aromatic rings. The van der Waals surface area contributed by atoms with Crippen LogP contribution < -0.4 is 9.88 Å². The summed E-state index contributed by atoms with van der Waals surface area (Å²) in [4.78, 5) is 27.9. The van der Waals surface area contributed by atoms with Gasteiger partial charge in [-0.05, 0) is 18.9 Å². The third-order valence-electron chi connectivity index (χ3n) is 4.49. The second-order valence-corrected chi connectivity index (χ2v) is 6.63. The molecule has 3 heterocycles. The summed E-state index contributed by atoms with van der Waals surface area (Å²) in [6, 6.07) is 0.874. The minimum Gasteiger partial charge on any atom is -0.463 e. The number of piperidine rings is 1. The number of carbonyl (C=O) groups is 2. The lowest BCUT2D eigenvalue weighted by Gasteiger charge is -2.27. The van der Waals surface area contributed by atoms with Crippen LogP contribution in [-0.2, 0) is 25.2 Å². The number of carbonyl (C=O) groups excluding carboxylic acids is 2. The summed E-state index contributed by atoms with van der Waals surface area (Å²) < 4.78 is 48.0. The van der Waals surface area contributed by atoms with E-state index in [4.69, 9.17) is 21.1 Å². The maximum Gasteiger partial charge on any atom is 0.419 e. The maximum atomic E-state index is 12.7.